The van der Waals surface area contributed by atoms with Crippen molar-refractivity contribution in [2.45, 2.75) is 44.9 Å². The summed E-state index contributed by atoms with van der Waals surface area (Å²) in [6, 6.07) is 8.52. The van der Waals surface area contributed by atoms with Crippen molar-refractivity contribution in [2.75, 3.05) is 11.9 Å². The van der Waals surface area contributed by atoms with Gasteiger partial charge in [-0.25, -0.2) is 4.79 Å². The predicted molar refractivity (Wildman–Crippen MR) is 96.2 cm³/mol. The van der Waals surface area contributed by atoms with Crippen LogP contribution in [0.4, 0.5) is 5.69 Å². The minimum Gasteiger partial charge on any atom is -0.462 e. The molecule has 0 heterocycles. The molecule has 1 aromatic rings. The number of carbonyl (C=O) groups excluding carboxylic acids is 2. The first-order valence-electron chi connectivity index (χ1n) is 9.49. The van der Waals surface area contributed by atoms with E-state index < -0.39 is 0 Å². The Bertz CT molecular complexity index is 729. The molecule has 0 atom stereocenters. The van der Waals surface area contributed by atoms with E-state index in [1.54, 1.807) is 30.3 Å². The molecule has 1 aromatic carbocycles. The number of nitrogens with one attached hydrogen (secondary N) is 1. The van der Waals surface area contributed by atoms with E-state index in [0.29, 0.717) is 17.9 Å². The minimum atomic E-state index is -0.383. The average molecular weight is 352 g/mol. The lowest BCUT2D eigenvalue weighted by atomic mass is 9.50. The largest absolute Gasteiger partial charge is 0.462 e. The molecule has 0 aliphatic heterocycles. The van der Waals surface area contributed by atoms with E-state index in [9.17, 15) is 9.59 Å². The number of nitrogens with zero attached hydrogens (tertiary/aromatic N) is 1. The molecule has 0 radical (unpaired) electrons. The van der Waals surface area contributed by atoms with Gasteiger partial charge in [0.05, 0.1) is 18.2 Å². The highest BCUT2D eigenvalue weighted by molar-refractivity contribution is 5.95. The molecule has 4 bridgehead atoms. The maximum Gasteiger partial charge on any atom is 0.338 e. The molecule has 26 heavy (non-hydrogen) atoms. The van der Waals surface area contributed by atoms with E-state index in [-0.39, 0.29) is 23.7 Å². The first-order valence-corrected chi connectivity index (χ1v) is 9.49. The second-order valence-electron chi connectivity index (χ2n) is 8.46. The van der Waals surface area contributed by atoms with Gasteiger partial charge < -0.3 is 10.1 Å². The van der Waals surface area contributed by atoms with Gasteiger partial charge in [-0.15, -0.1) is 0 Å². The maximum absolute atomic E-state index is 12.5. The Morgan fingerprint density at radius 3 is 2.42 bits per heavy atom. The molecule has 5 heteroatoms. The number of nitriles is 1. The quantitative estimate of drug-likeness (QED) is 0.815. The first-order chi connectivity index (χ1) is 12.5. The summed E-state index contributed by atoms with van der Waals surface area (Å²) in [5, 5.41) is 11.2. The summed E-state index contributed by atoms with van der Waals surface area (Å²) in [6.45, 7) is 0.514. The number of rotatable bonds is 5. The molecule has 4 saturated carbocycles. The van der Waals surface area contributed by atoms with Gasteiger partial charge in [-0.2, -0.15) is 5.26 Å². The number of esters is 1. The highest BCUT2D eigenvalue weighted by Crippen LogP contribution is 2.60. The van der Waals surface area contributed by atoms with Gasteiger partial charge in [0.25, 0.3) is 0 Å². The molecule has 0 unspecified atom stereocenters. The molecular weight excluding hydrogens is 328 g/mol. The van der Waals surface area contributed by atoms with Crippen LogP contribution in [0.2, 0.25) is 0 Å². The minimum absolute atomic E-state index is 0.197. The number of ether oxygens (including phenoxy) is 1. The summed E-state index contributed by atoms with van der Waals surface area (Å²) in [5.41, 5.74) is 1.14. The van der Waals surface area contributed by atoms with Crippen LogP contribution in [0.5, 0.6) is 0 Å². The van der Waals surface area contributed by atoms with E-state index in [4.69, 9.17) is 10.00 Å². The predicted octanol–water partition coefficient (Wildman–Crippen LogP) is 3.91. The van der Waals surface area contributed by atoms with Crippen molar-refractivity contribution in [1.82, 2.24) is 0 Å². The number of hydrogen-bond donors (Lipinski definition) is 1. The van der Waals surface area contributed by atoms with Crippen LogP contribution in [0.15, 0.2) is 24.3 Å². The van der Waals surface area contributed by atoms with Crippen molar-refractivity contribution in [3.8, 4) is 6.07 Å². The molecule has 4 aliphatic rings. The van der Waals surface area contributed by atoms with Crippen molar-refractivity contribution in [1.29, 1.82) is 5.26 Å². The van der Waals surface area contributed by atoms with Gasteiger partial charge >= 0.3 is 5.97 Å². The van der Waals surface area contributed by atoms with Crippen LogP contribution in [-0.4, -0.2) is 18.5 Å². The van der Waals surface area contributed by atoms with Crippen molar-refractivity contribution >= 4 is 17.6 Å². The zero-order chi connectivity index (χ0) is 18.1. The summed E-state index contributed by atoms with van der Waals surface area (Å²) in [6.07, 6.45) is 7.53. The Labute approximate surface area is 153 Å². The van der Waals surface area contributed by atoms with Crippen LogP contribution in [-0.2, 0) is 9.53 Å². The van der Waals surface area contributed by atoms with Crippen molar-refractivity contribution in [3.05, 3.63) is 29.8 Å². The highest BCUT2D eigenvalue weighted by atomic mass is 16.5. The second-order valence-corrected chi connectivity index (χ2v) is 8.46. The Balaban J connectivity index is 1.38. The van der Waals surface area contributed by atoms with Gasteiger partial charge in [0, 0.05) is 11.1 Å². The molecule has 5 nitrogen and oxygen atoms in total. The molecule has 4 aliphatic carbocycles. The van der Waals surface area contributed by atoms with E-state index in [1.165, 1.54) is 38.5 Å². The molecule has 0 saturated heterocycles. The third-order valence-electron chi connectivity index (χ3n) is 6.30. The highest BCUT2D eigenvalue weighted by Gasteiger charge is 2.51. The number of hydrogen-bond acceptors (Lipinski definition) is 4. The smallest absolute Gasteiger partial charge is 0.338 e. The summed E-state index contributed by atoms with van der Waals surface area (Å²) >= 11 is 0. The molecular formula is C21H24N2O3. The summed E-state index contributed by atoms with van der Waals surface area (Å²) in [7, 11) is 0. The van der Waals surface area contributed by atoms with Crippen LogP contribution in [0.3, 0.4) is 0 Å². The summed E-state index contributed by atoms with van der Waals surface area (Å²) in [5.74, 6) is 1.78. The molecule has 1 N–H and O–H groups in total. The fourth-order valence-corrected chi connectivity index (χ4v) is 5.77. The van der Waals surface area contributed by atoms with Crippen molar-refractivity contribution in [3.63, 3.8) is 0 Å². The zero-order valence-electron chi connectivity index (χ0n) is 14.9. The van der Waals surface area contributed by atoms with E-state index in [1.807, 2.05) is 0 Å². The standard InChI is InChI=1S/C21H24N2O3/c22-5-4-19(24)23-18-3-1-2-17(9-18)20(25)26-13-21-10-14-6-15(11-21)8-16(7-14)12-21/h1-3,9,14-16H,4,6-8,10-13H2,(H,23,24). The molecule has 0 spiro atoms. The van der Waals surface area contributed by atoms with E-state index >= 15 is 0 Å². The topological polar surface area (TPSA) is 79.2 Å². The van der Waals surface area contributed by atoms with Crippen LogP contribution in [0.1, 0.15) is 55.3 Å². The number of benzene rings is 1. The molecule has 0 aromatic heterocycles. The van der Waals surface area contributed by atoms with Gasteiger partial charge in [0.2, 0.25) is 5.91 Å². The van der Waals surface area contributed by atoms with Gasteiger partial charge in [-0.1, -0.05) is 6.07 Å². The molecule has 5 rings (SSSR count). The lowest BCUT2D eigenvalue weighted by Crippen LogP contribution is -2.48. The first kappa shape index (κ1) is 17.1. The van der Waals surface area contributed by atoms with Gasteiger partial charge in [0.1, 0.15) is 6.42 Å². The Morgan fingerprint density at radius 1 is 1.15 bits per heavy atom. The average Bonchev–Trinajstić information content (AvgIpc) is 2.59. The normalized spacial score (nSPS) is 31.3. The van der Waals surface area contributed by atoms with Gasteiger partial charge in [-0.3, -0.25) is 4.79 Å². The summed E-state index contributed by atoms with van der Waals surface area (Å²) in [4.78, 5) is 24.0. The maximum atomic E-state index is 12.5. The monoisotopic (exact) mass is 352 g/mol. The SMILES string of the molecule is N#CCC(=O)Nc1cccc(C(=O)OCC23CC4CC(CC(C4)C2)C3)c1. The van der Waals surface area contributed by atoms with E-state index in [0.717, 1.165) is 17.8 Å². The second kappa shape index (κ2) is 6.75. The molecule has 1 amide bonds. The number of carbonyl (C=O) groups is 2. The Kier molecular flexibility index (Phi) is 4.44. The van der Waals surface area contributed by atoms with Crippen LogP contribution in [0.25, 0.3) is 0 Å². The Morgan fingerprint density at radius 2 is 1.81 bits per heavy atom. The fraction of sp³-hybridized carbons (Fsp3) is 0.571. The molecule has 4 fully saturated rings. The summed E-state index contributed by atoms with van der Waals surface area (Å²) < 4.78 is 5.72. The van der Waals surface area contributed by atoms with Crippen molar-refractivity contribution in [2.24, 2.45) is 23.2 Å². The number of anilines is 1. The van der Waals surface area contributed by atoms with E-state index in [2.05, 4.69) is 5.32 Å². The fourth-order valence-electron chi connectivity index (χ4n) is 5.77. The lowest BCUT2D eigenvalue weighted by molar-refractivity contribution is -0.115. The van der Waals surface area contributed by atoms with Crippen LogP contribution in [0, 0.1) is 34.5 Å². The third-order valence-corrected chi connectivity index (χ3v) is 6.30. The van der Waals surface area contributed by atoms with Gasteiger partial charge in [0.15, 0.2) is 0 Å². The van der Waals surface area contributed by atoms with Crippen molar-refractivity contribution < 1.29 is 14.3 Å². The Hall–Kier alpha value is -2.35. The van der Waals surface area contributed by atoms with Gasteiger partial charge in [-0.05, 0) is 74.5 Å². The number of amides is 1. The van der Waals surface area contributed by atoms with Crippen LogP contribution < -0.4 is 5.32 Å². The lowest BCUT2D eigenvalue weighted by Gasteiger charge is -2.56. The van der Waals surface area contributed by atoms with Crippen LogP contribution >= 0.6 is 0 Å². The zero-order valence-corrected chi connectivity index (χ0v) is 14.9. The molecule has 136 valence electrons. The third kappa shape index (κ3) is 3.46.